The van der Waals surface area contributed by atoms with E-state index in [1.54, 1.807) is 6.08 Å². The largest absolute Gasteiger partial charge is 1.00 e. The summed E-state index contributed by atoms with van der Waals surface area (Å²) >= 11 is 0. The molecule has 0 aromatic heterocycles. The summed E-state index contributed by atoms with van der Waals surface area (Å²) in [6.45, 7) is 2.00. The number of allylic oxidation sites excluding steroid dienone is 3. The molecule has 0 N–H and O–H groups in total. The molecule has 0 aromatic carbocycles. The number of rotatable bonds is 3. The predicted molar refractivity (Wildman–Crippen MR) is 99.0 cm³/mol. The summed E-state index contributed by atoms with van der Waals surface area (Å²) < 4.78 is 39.4. The molecule has 6 atom stereocenters. The number of carbonyl (C=O) groups is 1. The van der Waals surface area contributed by atoms with Gasteiger partial charge in [-0.15, -0.1) is 6.42 Å². The number of hydrogen-bond acceptors (Lipinski definition) is 5. The molecule has 2 fully saturated rings. The van der Waals surface area contributed by atoms with Crippen LogP contribution in [0.1, 0.15) is 51.9 Å². The Morgan fingerprint density at radius 1 is 1.29 bits per heavy atom. The van der Waals surface area contributed by atoms with E-state index >= 15 is 0 Å². The Hall–Kier alpha value is -0.420. The molecule has 6 unspecified atom stereocenters. The summed E-state index contributed by atoms with van der Waals surface area (Å²) in [5.74, 6) is 4.16. The van der Waals surface area contributed by atoms with Gasteiger partial charge in [-0.05, 0) is 74.3 Å². The first-order valence-corrected chi connectivity index (χ1v) is 11.2. The fraction of sp³-hybridized carbons (Fsp3) is 0.667. The van der Waals surface area contributed by atoms with E-state index in [1.807, 2.05) is 19.1 Å². The SMILES string of the molecule is C#CC1(OS(=O)(=O)[O-])C=CC2C3CCC4=CC(=O)CCC4C3CCC21CC.[Na+]. The van der Waals surface area contributed by atoms with Crippen molar-refractivity contribution < 1.29 is 51.5 Å². The Labute approximate surface area is 189 Å². The number of ketones is 1. The first-order valence-electron chi connectivity index (χ1n) is 9.82. The van der Waals surface area contributed by atoms with Crippen molar-refractivity contribution in [2.75, 3.05) is 0 Å². The van der Waals surface area contributed by atoms with Crippen molar-refractivity contribution in [3.05, 3.63) is 23.8 Å². The van der Waals surface area contributed by atoms with E-state index in [2.05, 4.69) is 5.92 Å². The molecule has 0 bridgehead atoms. The van der Waals surface area contributed by atoms with Gasteiger partial charge in [-0.25, -0.2) is 8.42 Å². The second kappa shape index (κ2) is 7.68. The molecule has 4 aliphatic carbocycles. The predicted octanol–water partition coefficient (Wildman–Crippen LogP) is 0.147. The molecule has 4 aliphatic rings. The summed E-state index contributed by atoms with van der Waals surface area (Å²) in [4.78, 5) is 11.8. The molecule has 0 aromatic rings. The summed E-state index contributed by atoms with van der Waals surface area (Å²) in [6.07, 6.45) is 17.0. The minimum Gasteiger partial charge on any atom is -0.725 e. The zero-order valence-electron chi connectivity index (χ0n) is 16.5. The average molecular weight is 412 g/mol. The standard InChI is InChI=1S/C21H26O5S.Na/c1-3-20-11-9-17-16-8-6-15(22)13-14(16)5-7-18(17)19(20)10-12-21(20,4-2)26-27(23,24)25;/h2,10,12-13,16-19H,3,5-9,11H2,1H3,(H,23,24,25);/q;+1/p-1. The molecule has 0 heterocycles. The van der Waals surface area contributed by atoms with Gasteiger partial charge in [0.2, 0.25) is 10.4 Å². The third-order valence-electron chi connectivity index (χ3n) is 7.74. The van der Waals surface area contributed by atoms with Gasteiger partial charge in [0.1, 0.15) is 0 Å². The van der Waals surface area contributed by atoms with Gasteiger partial charge in [-0.3, -0.25) is 8.98 Å². The van der Waals surface area contributed by atoms with Gasteiger partial charge in [-0.1, -0.05) is 24.5 Å². The Balaban J connectivity index is 0.00000225. The molecule has 28 heavy (non-hydrogen) atoms. The zero-order chi connectivity index (χ0) is 19.4. The van der Waals surface area contributed by atoms with Gasteiger partial charge in [0, 0.05) is 11.8 Å². The second-order valence-corrected chi connectivity index (χ2v) is 9.49. The quantitative estimate of drug-likeness (QED) is 0.217. The Bertz CT molecular complexity index is 870. The van der Waals surface area contributed by atoms with E-state index in [-0.39, 0.29) is 41.3 Å². The van der Waals surface area contributed by atoms with E-state index in [4.69, 9.17) is 10.6 Å². The first kappa shape index (κ1) is 22.3. The van der Waals surface area contributed by atoms with Crippen LogP contribution in [0.25, 0.3) is 0 Å². The van der Waals surface area contributed by atoms with E-state index < -0.39 is 21.4 Å². The molecular weight excluding hydrogens is 387 g/mol. The second-order valence-electron chi connectivity index (χ2n) is 8.50. The molecule has 7 heteroatoms. The molecule has 4 rings (SSSR count). The molecule has 0 radical (unpaired) electrons. The maximum absolute atomic E-state index is 11.8. The molecule has 0 saturated heterocycles. The number of carbonyl (C=O) groups excluding carboxylic acids is 1. The van der Waals surface area contributed by atoms with Crippen LogP contribution in [0.3, 0.4) is 0 Å². The van der Waals surface area contributed by atoms with Crippen molar-refractivity contribution in [2.24, 2.45) is 29.1 Å². The van der Waals surface area contributed by atoms with Crippen LogP contribution in [0, 0.1) is 41.4 Å². The van der Waals surface area contributed by atoms with Crippen LogP contribution in [0.15, 0.2) is 23.8 Å². The molecule has 146 valence electrons. The number of hydrogen-bond donors (Lipinski definition) is 0. The topological polar surface area (TPSA) is 83.5 Å². The Morgan fingerprint density at radius 2 is 2.04 bits per heavy atom. The van der Waals surface area contributed by atoms with Gasteiger partial charge in [-0.2, -0.15) is 0 Å². The Kier molecular flexibility index (Phi) is 6.11. The molecule has 0 amide bonds. The minimum atomic E-state index is -4.92. The van der Waals surface area contributed by atoms with Crippen molar-refractivity contribution in [1.29, 1.82) is 0 Å². The van der Waals surface area contributed by atoms with E-state index in [0.717, 1.165) is 32.1 Å². The van der Waals surface area contributed by atoms with Crippen LogP contribution in [-0.2, 0) is 19.4 Å². The van der Waals surface area contributed by atoms with Crippen molar-refractivity contribution >= 4 is 16.2 Å². The summed E-state index contributed by atoms with van der Waals surface area (Å²) in [6, 6.07) is 0. The Morgan fingerprint density at radius 3 is 2.68 bits per heavy atom. The smallest absolute Gasteiger partial charge is 0.725 e. The zero-order valence-corrected chi connectivity index (χ0v) is 19.3. The van der Waals surface area contributed by atoms with Crippen LogP contribution in [0.5, 0.6) is 0 Å². The average Bonchev–Trinajstić information content (AvgIpc) is 2.94. The van der Waals surface area contributed by atoms with Crippen molar-refractivity contribution in [1.82, 2.24) is 0 Å². The summed E-state index contributed by atoms with van der Waals surface area (Å²) in [5.41, 5.74) is -0.761. The van der Waals surface area contributed by atoms with Gasteiger partial charge < -0.3 is 4.55 Å². The van der Waals surface area contributed by atoms with E-state index in [1.165, 1.54) is 5.57 Å². The maximum atomic E-state index is 11.8. The van der Waals surface area contributed by atoms with Crippen LogP contribution >= 0.6 is 0 Å². The maximum Gasteiger partial charge on any atom is 1.00 e. The van der Waals surface area contributed by atoms with Crippen LogP contribution in [0.4, 0.5) is 0 Å². The van der Waals surface area contributed by atoms with E-state index in [9.17, 15) is 17.8 Å². The fourth-order valence-electron chi connectivity index (χ4n) is 6.65. The minimum absolute atomic E-state index is 0. The van der Waals surface area contributed by atoms with Gasteiger partial charge in [0.05, 0.1) is 0 Å². The molecule has 5 nitrogen and oxygen atoms in total. The van der Waals surface area contributed by atoms with Gasteiger partial charge in [0.25, 0.3) is 0 Å². The van der Waals surface area contributed by atoms with Crippen LogP contribution in [0.2, 0.25) is 0 Å². The fourth-order valence-corrected chi connectivity index (χ4v) is 7.24. The third-order valence-corrected chi connectivity index (χ3v) is 8.20. The first-order chi connectivity index (χ1) is 12.8. The summed E-state index contributed by atoms with van der Waals surface area (Å²) in [7, 11) is -4.92. The number of terminal acetylenes is 1. The van der Waals surface area contributed by atoms with Crippen molar-refractivity contribution in [3.63, 3.8) is 0 Å². The normalized spacial score (nSPS) is 41.8. The molecule has 2 saturated carbocycles. The third kappa shape index (κ3) is 3.29. The monoisotopic (exact) mass is 412 g/mol. The van der Waals surface area contributed by atoms with E-state index in [0.29, 0.717) is 30.6 Å². The molecule has 0 aliphatic heterocycles. The summed E-state index contributed by atoms with van der Waals surface area (Å²) in [5, 5.41) is 0. The van der Waals surface area contributed by atoms with Crippen LogP contribution < -0.4 is 29.6 Å². The number of fused-ring (bicyclic) bond motifs is 5. The van der Waals surface area contributed by atoms with Crippen molar-refractivity contribution in [2.45, 2.75) is 57.5 Å². The molecule has 0 spiro atoms. The van der Waals surface area contributed by atoms with Crippen molar-refractivity contribution in [3.8, 4) is 12.3 Å². The van der Waals surface area contributed by atoms with Crippen LogP contribution in [-0.4, -0.2) is 24.4 Å². The van der Waals surface area contributed by atoms with Gasteiger partial charge >= 0.3 is 29.6 Å². The molecular formula is C21H25NaO5S. The van der Waals surface area contributed by atoms with Gasteiger partial charge in [0.15, 0.2) is 11.4 Å².